The van der Waals surface area contributed by atoms with Crippen LogP contribution in [0.15, 0.2) is 18.2 Å². The molecule has 0 spiro atoms. The molecule has 0 saturated carbocycles. The van der Waals surface area contributed by atoms with Crippen molar-refractivity contribution in [1.29, 1.82) is 0 Å². The maximum atomic E-state index is 5.46. The number of aromatic nitrogens is 2. The van der Waals surface area contributed by atoms with Crippen molar-refractivity contribution in [2.45, 2.75) is 27.7 Å². The zero-order valence-corrected chi connectivity index (χ0v) is 12.7. The number of methoxy groups -OCH3 is 1. The largest absolute Gasteiger partial charge is 0.496 e. The van der Waals surface area contributed by atoms with Gasteiger partial charge in [0.15, 0.2) is 5.82 Å². The number of hydrogen-bond donors (Lipinski definition) is 1. The van der Waals surface area contributed by atoms with E-state index >= 15 is 0 Å². The summed E-state index contributed by atoms with van der Waals surface area (Å²) >= 11 is 0. The number of nitrogens with zero attached hydrogens (tertiary/aromatic N) is 2. The van der Waals surface area contributed by atoms with Crippen molar-refractivity contribution in [3.05, 3.63) is 35.2 Å². The summed E-state index contributed by atoms with van der Waals surface area (Å²) < 4.78 is 5.46. The second kappa shape index (κ2) is 5.90. The van der Waals surface area contributed by atoms with Crippen LogP contribution in [-0.4, -0.2) is 23.6 Å². The molecule has 0 atom stereocenters. The van der Waals surface area contributed by atoms with Crippen LogP contribution in [0.4, 0.5) is 5.82 Å². The van der Waals surface area contributed by atoms with E-state index in [0.29, 0.717) is 0 Å². The Kier molecular flexibility index (Phi) is 4.23. The van der Waals surface area contributed by atoms with Gasteiger partial charge in [0.05, 0.1) is 18.5 Å². The van der Waals surface area contributed by atoms with E-state index in [1.54, 1.807) is 7.11 Å². The molecule has 2 rings (SSSR count). The van der Waals surface area contributed by atoms with Crippen molar-refractivity contribution in [2.75, 3.05) is 19.0 Å². The van der Waals surface area contributed by atoms with E-state index in [4.69, 9.17) is 9.72 Å². The van der Waals surface area contributed by atoms with Gasteiger partial charge in [0.2, 0.25) is 0 Å². The summed E-state index contributed by atoms with van der Waals surface area (Å²) in [4.78, 5) is 9.32. The second-order valence-electron chi connectivity index (χ2n) is 4.83. The predicted molar refractivity (Wildman–Crippen MR) is 82.4 cm³/mol. The van der Waals surface area contributed by atoms with Crippen molar-refractivity contribution in [3.63, 3.8) is 0 Å². The van der Waals surface area contributed by atoms with Crippen molar-refractivity contribution in [3.8, 4) is 17.0 Å². The normalized spacial score (nSPS) is 10.4. The number of nitrogens with one attached hydrogen (secondary N) is 1. The molecule has 0 aliphatic heterocycles. The molecule has 106 valence electrons. The summed E-state index contributed by atoms with van der Waals surface area (Å²) in [6.45, 7) is 8.86. The van der Waals surface area contributed by atoms with Gasteiger partial charge in [-0.3, -0.25) is 0 Å². The first-order valence-corrected chi connectivity index (χ1v) is 6.81. The highest BCUT2D eigenvalue weighted by atomic mass is 16.5. The summed E-state index contributed by atoms with van der Waals surface area (Å²) in [6.07, 6.45) is 0. The zero-order chi connectivity index (χ0) is 14.7. The van der Waals surface area contributed by atoms with Crippen LogP contribution in [-0.2, 0) is 0 Å². The number of ether oxygens (including phenoxy) is 1. The molecule has 0 unspecified atom stereocenters. The molecule has 0 bridgehead atoms. The number of hydrogen-bond acceptors (Lipinski definition) is 4. The Bertz CT molecular complexity index is 623. The first kappa shape index (κ1) is 14.3. The predicted octanol–water partition coefficient (Wildman–Crippen LogP) is 3.51. The van der Waals surface area contributed by atoms with Crippen molar-refractivity contribution < 1.29 is 4.74 Å². The van der Waals surface area contributed by atoms with E-state index in [1.165, 1.54) is 5.56 Å². The third-order valence-corrected chi connectivity index (χ3v) is 3.26. The summed E-state index contributed by atoms with van der Waals surface area (Å²) in [6, 6.07) is 6.08. The molecule has 4 heteroatoms. The van der Waals surface area contributed by atoms with E-state index in [2.05, 4.69) is 23.3 Å². The number of rotatable bonds is 4. The maximum absolute atomic E-state index is 5.46. The minimum Gasteiger partial charge on any atom is -0.496 e. The Morgan fingerprint density at radius 1 is 1.10 bits per heavy atom. The molecule has 0 amide bonds. The van der Waals surface area contributed by atoms with Gasteiger partial charge < -0.3 is 10.1 Å². The van der Waals surface area contributed by atoms with Gasteiger partial charge in [-0.05, 0) is 39.8 Å². The lowest BCUT2D eigenvalue weighted by molar-refractivity contribution is 0.416. The fraction of sp³-hybridized carbons (Fsp3) is 0.375. The highest BCUT2D eigenvalue weighted by Crippen LogP contribution is 2.33. The highest BCUT2D eigenvalue weighted by molar-refractivity contribution is 5.77. The van der Waals surface area contributed by atoms with E-state index in [1.807, 2.05) is 32.9 Å². The minimum absolute atomic E-state index is 0.804. The van der Waals surface area contributed by atoms with Crippen LogP contribution < -0.4 is 10.1 Å². The van der Waals surface area contributed by atoms with E-state index in [0.717, 1.165) is 40.8 Å². The zero-order valence-electron chi connectivity index (χ0n) is 12.7. The van der Waals surface area contributed by atoms with Crippen LogP contribution in [0.25, 0.3) is 11.3 Å². The molecule has 0 fully saturated rings. The maximum Gasteiger partial charge on any atom is 0.153 e. The number of aryl methyl sites for hydroxylation is 3. The van der Waals surface area contributed by atoms with Crippen molar-refractivity contribution >= 4 is 5.82 Å². The molecule has 1 aromatic heterocycles. The molecule has 1 N–H and O–H groups in total. The molecule has 0 aliphatic rings. The Morgan fingerprint density at radius 2 is 1.80 bits per heavy atom. The van der Waals surface area contributed by atoms with Gasteiger partial charge in [0, 0.05) is 12.1 Å². The van der Waals surface area contributed by atoms with Gasteiger partial charge in [-0.1, -0.05) is 11.6 Å². The number of anilines is 1. The molecule has 4 nitrogen and oxygen atoms in total. The molecule has 2 aromatic rings. The van der Waals surface area contributed by atoms with Gasteiger partial charge >= 0.3 is 0 Å². The quantitative estimate of drug-likeness (QED) is 0.924. The Morgan fingerprint density at radius 3 is 2.45 bits per heavy atom. The smallest absolute Gasteiger partial charge is 0.153 e. The van der Waals surface area contributed by atoms with Crippen LogP contribution in [0.1, 0.15) is 23.9 Å². The Labute approximate surface area is 120 Å². The van der Waals surface area contributed by atoms with E-state index in [-0.39, 0.29) is 0 Å². The fourth-order valence-electron chi connectivity index (χ4n) is 2.09. The van der Waals surface area contributed by atoms with E-state index < -0.39 is 0 Å². The Balaban J connectivity index is 2.67. The summed E-state index contributed by atoms with van der Waals surface area (Å²) in [5.41, 5.74) is 4.86. The average molecular weight is 271 g/mol. The monoisotopic (exact) mass is 271 g/mol. The van der Waals surface area contributed by atoms with Gasteiger partial charge in [-0.2, -0.15) is 0 Å². The summed E-state index contributed by atoms with van der Waals surface area (Å²) in [5.74, 6) is 1.62. The van der Waals surface area contributed by atoms with Crippen LogP contribution in [0.3, 0.4) is 0 Å². The summed E-state index contributed by atoms with van der Waals surface area (Å²) in [7, 11) is 1.68. The third-order valence-electron chi connectivity index (χ3n) is 3.26. The van der Waals surface area contributed by atoms with Gasteiger partial charge in [-0.25, -0.2) is 9.97 Å². The minimum atomic E-state index is 0.804. The second-order valence-corrected chi connectivity index (χ2v) is 4.83. The van der Waals surface area contributed by atoms with Crippen LogP contribution >= 0.6 is 0 Å². The highest BCUT2D eigenvalue weighted by Gasteiger charge is 2.15. The molecule has 1 aromatic carbocycles. The van der Waals surface area contributed by atoms with Crippen molar-refractivity contribution in [2.24, 2.45) is 0 Å². The van der Waals surface area contributed by atoms with Gasteiger partial charge in [0.1, 0.15) is 11.4 Å². The lowest BCUT2D eigenvalue weighted by atomic mass is 10.1. The molecule has 0 saturated heterocycles. The summed E-state index contributed by atoms with van der Waals surface area (Å²) in [5, 5.41) is 3.28. The lowest BCUT2D eigenvalue weighted by Gasteiger charge is -2.14. The van der Waals surface area contributed by atoms with Gasteiger partial charge in [0.25, 0.3) is 0 Å². The SMILES string of the molecule is CCNc1nc(C)c(C)nc1-c1cc(C)ccc1OC. The molecule has 1 heterocycles. The first-order valence-electron chi connectivity index (χ1n) is 6.81. The van der Waals surface area contributed by atoms with E-state index in [9.17, 15) is 0 Å². The lowest BCUT2D eigenvalue weighted by Crippen LogP contribution is -2.06. The standard InChI is InChI=1S/C16H21N3O/c1-6-17-16-15(18-11(3)12(4)19-16)13-9-10(2)7-8-14(13)20-5/h7-9H,6H2,1-5H3,(H,17,19). The molecular formula is C16H21N3O. The topological polar surface area (TPSA) is 47.0 Å². The van der Waals surface area contributed by atoms with Gasteiger partial charge in [-0.15, -0.1) is 0 Å². The Hall–Kier alpha value is -2.10. The molecule has 20 heavy (non-hydrogen) atoms. The van der Waals surface area contributed by atoms with Crippen molar-refractivity contribution in [1.82, 2.24) is 9.97 Å². The fourth-order valence-corrected chi connectivity index (χ4v) is 2.09. The number of benzene rings is 1. The average Bonchev–Trinajstić information content (AvgIpc) is 2.43. The third kappa shape index (κ3) is 2.74. The molecule has 0 radical (unpaired) electrons. The van der Waals surface area contributed by atoms with Crippen LogP contribution in [0.5, 0.6) is 5.75 Å². The molecular weight excluding hydrogens is 250 g/mol. The first-order chi connectivity index (χ1) is 9.56. The molecule has 0 aliphatic carbocycles. The van der Waals surface area contributed by atoms with Crippen LogP contribution in [0.2, 0.25) is 0 Å². The van der Waals surface area contributed by atoms with Crippen LogP contribution in [0, 0.1) is 20.8 Å².